The molecule has 6 heteroatoms. The third-order valence-corrected chi connectivity index (χ3v) is 4.09. The number of nitrogens with zero attached hydrogens (tertiary/aromatic N) is 2. The van der Waals surface area contributed by atoms with Gasteiger partial charge in [-0.15, -0.1) is 0 Å². The summed E-state index contributed by atoms with van der Waals surface area (Å²) in [6, 6.07) is 12.9. The number of aromatic nitrogens is 2. The number of aryl methyl sites for hydroxylation is 1. The van der Waals surface area contributed by atoms with Crippen molar-refractivity contribution in [1.82, 2.24) is 9.55 Å². The largest absolute Gasteiger partial charge is 0.497 e. The SMILES string of the molecule is CCCCn1cnc2cc(NC(=O)COc3ccc(OC)cc3)ccc21. The number of anilines is 1. The van der Waals surface area contributed by atoms with Gasteiger partial charge in [-0.3, -0.25) is 4.79 Å². The van der Waals surface area contributed by atoms with Gasteiger partial charge in [-0.1, -0.05) is 13.3 Å². The molecule has 0 aliphatic rings. The van der Waals surface area contributed by atoms with Crippen molar-refractivity contribution in [2.24, 2.45) is 0 Å². The first kappa shape index (κ1) is 17.8. The summed E-state index contributed by atoms with van der Waals surface area (Å²) >= 11 is 0. The molecule has 0 fully saturated rings. The monoisotopic (exact) mass is 353 g/mol. The molecule has 0 saturated heterocycles. The van der Waals surface area contributed by atoms with Gasteiger partial charge in [0.2, 0.25) is 0 Å². The lowest BCUT2D eigenvalue weighted by atomic mass is 10.2. The number of carbonyl (C=O) groups is 1. The van der Waals surface area contributed by atoms with Gasteiger partial charge in [0.1, 0.15) is 11.5 Å². The van der Waals surface area contributed by atoms with Crippen LogP contribution in [0.5, 0.6) is 11.5 Å². The number of unbranched alkanes of at least 4 members (excludes halogenated alkanes) is 1. The molecule has 2 aromatic carbocycles. The highest BCUT2D eigenvalue weighted by atomic mass is 16.5. The molecule has 136 valence electrons. The third-order valence-electron chi connectivity index (χ3n) is 4.09. The summed E-state index contributed by atoms with van der Waals surface area (Å²) in [5.41, 5.74) is 2.66. The Morgan fingerprint density at radius 1 is 1.15 bits per heavy atom. The lowest BCUT2D eigenvalue weighted by Crippen LogP contribution is -2.20. The number of hydrogen-bond donors (Lipinski definition) is 1. The minimum Gasteiger partial charge on any atom is -0.497 e. The Morgan fingerprint density at radius 2 is 1.92 bits per heavy atom. The predicted molar refractivity (Wildman–Crippen MR) is 102 cm³/mol. The molecule has 0 aliphatic heterocycles. The fourth-order valence-electron chi connectivity index (χ4n) is 2.67. The second-order valence-electron chi connectivity index (χ2n) is 6.01. The number of ether oxygens (including phenoxy) is 2. The number of rotatable bonds is 8. The zero-order chi connectivity index (χ0) is 18.4. The van der Waals surface area contributed by atoms with Crippen LogP contribution in [0.25, 0.3) is 11.0 Å². The first-order valence-corrected chi connectivity index (χ1v) is 8.71. The molecule has 1 aromatic heterocycles. The van der Waals surface area contributed by atoms with Crippen molar-refractivity contribution in [2.45, 2.75) is 26.3 Å². The Balaban J connectivity index is 1.58. The maximum Gasteiger partial charge on any atom is 0.262 e. The van der Waals surface area contributed by atoms with E-state index in [1.54, 1.807) is 31.4 Å². The molecule has 1 N–H and O–H groups in total. The van der Waals surface area contributed by atoms with E-state index in [4.69, 9.17) is 9.47 Å². The number of nitrogens with one attached hydrogen (secondary N) is 1. The van der Waals surface area contributed by atoms with Gasteiger partial charge in [0.05, 0.1) is 24.5 Å². The van der Waals surface area contributed by atoms with Gasteiger partial charge in [0.15, 0.2) is 6.61 Å². The summed E-state index contributed by atoms with van der Waals surface area (Å²) < 4.78 is 12.7. The second-order valence-corrected chi connectivity index (χ2v) is 6.01. The van der Waals surface area contributed by atoms with Gasteiger partial charge < -0.3 is 19.4 Å². The first-order valence-electron chi connectivity index (χ1n) is 8.71. The second kappa shape index (κ2) is 8.38. The molecule has 0 radical (unpaired) electrons. The van der Waals surface area contributed by atoms with Gasteiger partial charge in [0, 0.05) is 12.2 Å². The number of hydrogen-bond acceptors (Lipinski definition) is 4. The molecule has 26 heavy (non-hydrogen) atoms. The smallest absolute Gasteiger partial charge is 0.262 e. The molecule has 3 rings (SSSR count). The van der Waals surface area contributed by atoms with E-state index in [0.29, 0.717) is 11.4 Å². The Bertz CT molecular complexity index is 872. The number of amides is 1. The highest BCUT2D eigenvalue weighted by Crippen LogP contribution is 2.19. The molecule has 0 aliphatic carbocycles. The zero-order valence-corrected chi connectivity index (χ0v) is 15.1. The van der Waals surface area contributed by atoms with Crippen LogP contribution in [-0.2, 0) is 11.3 Å². The van der Waals surface area contributed by atoms with E-state index in [2.05, 4.69) is 21.8 Å². The van der Waals surface area contributed by atoms with Crippen molar-refractivity contribution < 1.29 is 14.3 Å². The minimum absolute atomic E-state index is 0.0602. The van der Waals surface area contributed by atoms with E-state index in [9.17, 15) is 4.79 Å². The molecule has 6 nitrogen and oxygen atoms in total. The van der Waals surface area contributed by atoms with Crippen LogP contribution in [0.2, 0.25) is 0 Å². The van der Waals surface area contributed by atoms with Gasteiger partial charge in [-0.2, -0.15) is 0 Å². The number of imidazole rings is 1. The molecule has 0 bridgehead atoms. The predicted octanol–water partition coefficient (Wildman–Crippen LogP) is 3.86. The van der Waals surface area contributed by atoms with Crippen molar-refractivity contribution in [3.63, 3.8) is 0 Å². The first-order chi connectivity index (χ1) is 12.7. The van der Waals surface area contributed by atoms with Gasteiger partial charge >= 0.3 is 0 Å². The highest BCUT2D eigenvalue weighted by Gasteiger charge is 2.07. The highest BCUT2D eigenvalue weighted by molar-refractivity contribution is 5.94. The summed E-state index contributed by atoms with van der Waals surface area (Å²) in [7, 11) is 1.60. The van der Waals surface area contributed by atoms with Crippen LogP contribution < -0.4 is 14.8 Å². The fourth-order valence-corrected chi connectivity index (χ4v) is 2.67. The van der Waals surface area contributed by atoms with Crippen LogP contribution in [0, 0.1) is 0 Å². The molecular formula is C20H23N3O3. The van der Waals surface area contributed by atoms with Crippen LogP contribution in [0.1, 0.15) is 19.8 Å². The topological polar surface area (TPSA) is 65.4 Å². The molecule has 3 aromatic rings. The van der Waals surface area contributed by atoms with Crippen LogP contribution in [0.15, 0.2) is 48.8 Å². The van der Waals surface area contributed by atoms with Crippen LogP contribution in [0.4, 0.5) is 5.69 Å². The van der Waals surface area contributed by atoms with Gasteiger partial charge in [0.25, 0.3) is 5.91 Å². The Kier molecular flexibility index (Phi) is 5.73. The maximum atomic E-state index is 12.1. The van der Waals surface area contributed by atoms with Crippen molar-refractivity contribution >= 4 is 22.6 Å². The summed E-state index contributed by atoms with van der Waals surface area (Å²) in [4.78, 5) is 16.5. The maximum absolute atomic E-state index is 12.1. The molecule has 0 saturated carbocycles. The van der Waals surface area contributed by atoms with Crippen molar-refractivity contribution in [2.75, 3.05) is 19.0 Å². The quantitative estimate of drug-likeness (QED) is 0.668. The summed E-state index contributed by atoms with van der Waals surface area (Å²) in [6.45, 7) is 3.06. The third kappa shape index (κ3) is 4.33. The van der Waals surface area contributed by atoms with E-state index in [1.165, 1.54) is 0 Å². The number of carbonyl (C=O) groups excluding carboxylic acids is 1. The summed E-state index contributed by atoms with van der Waals surface area (Å²) in [6.07, 6.45) is 4.10. The lowest BCUT2D eigenvalue weighted by molar-refractivity contribution is -0.118. The van der Waals surface area contributed by atoms with Crippen LogP contribution >= 0.6 is 0 Å². The van der Waals surface area contributed by atoms with Crippen LogP contribution in [0.3, 0.4) is 0 Å². The average molecular weight is 353 g/mol. The molecule has 1 heterocycles. The molecular weight excluding hydrogens is 330 g/mol. The fraction of sp³-hybridized carbons (Fsp3) is 0.300. The molecule has 0 unspecified atom stereocenters. The Hall–Kier alpha value is -3.02. The molecule has 0 atom stereocenters. The molecule has 0 spiro atoms. The average Bonchev–Trinajstić information content (AvgIpc) is 3.07. The van der Waals surface area contributed by atoms with Gasteiger partial charge in [-0.25, -0.2) is 4.98 Å². The van der Waals surface area contributed by atoms with E-state index in [1.807, 2.05) is 24.5 Å². The molecule has 1 amide bonds. The van der Waals surface area contributed by atoms with Crippen LogP contribution in [-0.4, -0.2) is 29.2 Å². The summed E-state index contributed by atoms with van der Waals surface area (Å²) in [5.74, 6) is 1.14. The van der Waals surface area contributed by atoms with E-state index in [0.717, 1.165) is 36.2 Å². The Morgan fingerprint density at radius 3 is 2.65 bits per heavy atom. The summed E-state index contributed by atoms with van der Waals surface area (Å²) in [5, 5.41) is 2.84. The van der Waals surface area contributed by atoms with Crippen molar-refractivity contribution in [3.05, 3.63) is 48.8 Å². The van der Waals surface area contributed by atoms with Crippen molar-refractivity contribution in [3.8, 4) is 11.5 Å². The standard InChI is InChI=1S/C20H23N3O3/c1-3-4-11-23-14-21-18-12-15(5-10-19(18)23)22-20(24)13-26-17-8-6-16(25-2)7-9-17/h5-10,12,14H,3-4,11,13H2,1-2H3,(H,22,24). The number of fused-ring (bicyclic) bond motifs is 1. The Labute approximate surface area is 152 Å². The van der Waals surface area contributed by atoms with E-state index in [-0.39, 0.29) is 12.5 Å². The number of methoxy groups -OCH3 is 1. The van der Waals surface area contributed by atoms with Gasteiger partial charge in [-0.05, 0) is 48.9 Å². The minimum atomic E-state index is -0.217. The van der Waals surface area contributed by atoms with E-state index >= 15 is 0 Å². The zero-order valence-electron chi connectivity index (χ0n) is 15.1. The normalized spacial score (nSPS) is 10.7. The lowest BCUT2D eigenvalue weighted by Gasteiger charge is -2.08. The van der Waals surface area contributed by atoms with Crippen molar-refractivity contribution in [1.29, 1.82) is 0 Å². The number of benzene rings is 2. The van der Waals surface area contributed by atoms with E-state index < -0.39 is 0 Å².